The topological polar surface area (TPSA) is 90.0 Å². The Kier molecular flexibility index (Phi) is 5.01. The van der Waals surface area contributed by atoms with Gasteiger partial charge in [-0.1, -0.05) is 24.3 Å². The van der Waals surface area contributed by atoms with Gasteiger partial charge in [-0.2, -0.15) is 5.10 Å². The number of carbonyl (C=O) groups is 2. The Morgan fingerprint density at radius 1 is 1.12 bits per heavy atom. The molecule has 7 heteroatoms. The highest BCUT2D eigenvalue weighted by Crippen LogP contribution is 2.38. The van der Waals surface area contributed by atoms with E-state index < -0.39 is 11.7 Å². The summed E-state index contributed by atoms with van der Waals surface area (Å²) in [5, 5.41) is 7.37. The molecule has 6 nitrogen and oxygen atoms in total. The van der Waals surface area contributed by atoms with Crippen molar-refractivity contribution in [3.05, 3.63) is 100 Å². The minimum atomic E-state index is -0.634. The van der Waals surface area contributed by atoms with Gasteiger partial charge in [0.05, 0.1) is 11.4 Å². The first-order chi connectivity index (χ1) is 15.9. The van der Waals surface area contributed by atoms with E-state index in [0.29, 0.717) is 35.5 Å². The van der Waals surface area contributed by atoms with Crippen LogP contribution in [0.25, 0.3) is 16.9 Å². The molecule has 1 aromatic heterocycles. The minimum Gasteiger partial charge on any atom is -0.364 e. The van der Waals surface area contributed by atoms with Crippen LogP contribution in [0.3, 0.4) is 0 Å². The zero-order chi connectivity index (χ0) is 23.1. The van der Waals surface area contributed by atoms with Crippen LogP contribution in [0.15, 0.2) is 60.7 Å². The van der Waals surface area contributed by atoms with Crippen LogP contribution in [0.5, 0.6) is 0 Å². The highest BCUT2D eigenvalue weighted by atomic mass is 19.1. The fourth-order valence-electron chi connectivity index (χ4n) is 4.27. The third-order valence-electron chi connectivity index (χ3n) is 5.84. The van der Waals surface area contributed by atoms with Gasteiger partial charge in [0.1, 0.15) is 5.82 Å². The lowest BCUT2D eigenvalue weighted by atomic mass is 9.88. The summed E-state index contributed by atoms with van der Waals surface area (Å²) in [6.07, 6.45) is 1.28. The number of hydrogen-bond acceptors (Lipinski definition) is 3. The maximum absolute atomic E-state index is 14.0. The minimum absolute atomic E-state index is 0.171. The summed E-state index contributed by atoms with van der Waals surface area (Å²) in [5.41, 5.74) is 11.4. The number of aryl methyl sites for hydroxylation is 2. The number of amides is 2. The van der Waals surface area contributed by atoms with Gasteiger partial charge in [-0.05, 0) is 73.4 Å². The molecular formula is C26H20FN4O2. The Morgan fingerprint density at radius 3 is 2.73 bits per heavy atom. The van der Waals surface area contributed by atoms with Gasteiger partial charge in [0, 0.05) is 22.4 Å². The fraction of sp³-hybridized carbons (Fsp3) is 0.115. The van der Waals surface area contributed by atoms with Crippen LogP contribution in [-0.2, 0) is 12.8 Å². The second-order valence-corrected chi connectivity index (χ2v) is 7.97. The van der Waals surface area contributed by atoms with Crippen LogP contribution in [0, 0.1) is 18.8 Å². The molecule has 5 rings (SSSR count). The van der Waals surface area contributed by atoms with Crippen molar-refractivity contribution in [3.63, 3.8) is 0 Å². The largest absolute Gasteiger partial charge is 0.364 e. The highest BCUT2D eigenvalue weighted by molar-refractivity contribution is 6.05. The number of rotatable bonds is 4. The standard InChI is InChI=1S/C26H20FN4O2/c1-15-5-2-3-8-20(15)26(33)29-18-11-9-16-10-12-21-23(25(28)32)30-31(24(21)22(16)14-18)19-7-4-6-17(27)13-19/h2-4,6-9,11,13-14H,10,12H2,1H3,(H2,28,32)(H,29,33). The molecule has 0 saturated carbocycles. The summed E-state index contributed by atoms with van der Waals surface area (Å²) in [7, 11) is 0. The lowest BCUT2D eigenvalue weighted by molar-refractivity contribution is 0.0992. The third kappa shape index (κ3) is 3.67. The van der Waals surface area contributed by atoms with Crippen LogP contribution in [0.4, 0.5) is 10.1 Å². The second-order valence-electron chi connectivity index (χ2n) is 7.97. The van der Waals surface area contributed by atoms with Crippen molar-refractivity contribution in [3.8, 4) is 16.9 Å². The van der Waals surface area contributed by atoms with Crippen LogP contribution >= 0.6 is 0 Å². The van der Waals surface area contributed by atoms with E-state index in [-0.39, 0.29) is 11.6 Å². The summed E-state index contributed by atoms with van der Waals surface area (Å²) < 4.78 is 15.5. The molecule has 1 aliphatic carbocycles. The monoisotopic (exact) mass is 439 g/mol. The predicted molar refractivity (Wildman–Crippen MR) is 123 cm³/mol. The number of nitrogens with zero attached hydrogens (tertiary/aromatic N) is 2. The van der Waals surface area contributed by atoms with Crippen molar-refractivity contribution < 1.29 is 14.0 Å². The van der Waals surface area contributed by atoms with Crippen LogP contribution in [-0.4, -0.2) is 21.6 Å². The first-order valence-corrected chi connectivity index (χ1v) is 10.5. The summed E-state index contributed by atoms with van der Waals surface area (Å²) >= 11 is 0. The molecule has 33 heavy (non-hydrogen) atoms. The normalized spacial score (nSPS) is 12.1. The molecule has 3 aromatic carbocycles. The molecule has 1 heterocycles. The van der Waals surface area contributed by atoms with Crippen molar-refractivity contribution >= 4 is 17.5 Å². The Labute approximate surface area is 189 Å². The second kappa shape index (κ2) is 8.02. The number of benzene rings is 3. The van der Waals surface area contributed by atoms with Gasteiger partial charge >= 0.3 is 0 Å². The number of halogens is 1. The lowest BCUT2D eigenvalue weighted by Gasteiger charge is -2.20. The smallest absolute Gasteiger partial charge is 0.269 e. The number of primary amides is 1. The van der Waals surface area contributed by atoms with Crippen LogP contribution < -0.4 is 11.1 Å². The molecule has 0 fully saturated rings. The molecule has 3 N–H and O–H groups in total. The van der Waals surface area contributed by atoms with Gasteiger partial charge in [-0.25, -0.2) is 9.07 Å². The van der Waals surface area contributed by atoms with E-state index in [1.54, 1.807) is 35.0 Å². The summed E-state index contributed by atoms with van der Waals surface area (Å²) in [5.74, 6) is -1.29. The van der Waals surface area contributed by atoms with Crippen LogP contribution in [0.2, 0.25) is 0 Å². The zero-order valence-corrected chi connectivity index (χ0v) is 17.9. The summed E-state index contributed by atoms with van der Waals surface area (Å²) in [6, 6.07) is 20.0. The number of fused-ring (bicyclic) bond motifs is 3. The molecule has 0 spiro atoms. The van der Waals surface area contributed by atoms with Crippen molar-refractivity contribution in [2.24, 2.45) is 5.73 Å². The lowest BCUT2D eigenvalue weighted by Crippen LogP contribution is -2.16. The first-order valence-electron chi connectivity index (χ1n) is 10.5. The summed E-state index contributed by atoms with van der Waals surface area (Å²) in [6.45, 7) is 1.83. The SMILES string of the molecule is Cc1[c]cccc1C(=O)Nc1ccc2c(c1)-c1c(c(C(N)=O)nn1-c1cccc(F)c1)CC2. The van der Waals surface area contributed by atoms with Crippen molar-refractivity contribution in [2.75, 3.05) is 5.32 Å². The third-order valence-corrected chi connectivity index (χ3v) is 5.84. The maximum atomic E-state index is 14.0. The average molecular weight is 439 g/mol. The Hall–Kier alpha value is -4.26. The Bertz CT molecular complexity index is 1420. The van der Waals surface area contributed by atoms with E-state index >= 15 is 0 Å². The number of anilines is 1. The van der Waals surface area contributed by atoms with Gasteiger partial charge in [-0.3, -0.25) is 9.59 Å². The van der Waals surface area contributed by atoms with E-state index in [2.05, 4.69) is 16.5 Å². The van der Waals surface area contributed by atoms with E-state index in [1.165, 1.54) is 12.1 Å². The highest BCUT2D eigenvalue weighted by Gasteiger charge is 2.28. The molecule has 0 aliphatic heterocycles. The number of nitrogens with two attached hydrogens (primary N) is 1. The predicted octanol–water partition coefficient (Wildman–Crippen LogP) is 4.24. The number of carbonyl (C=O) groups excluding carboxylic acids is 2. The van der Waals surface area contributed by atoms with Gasteiger partial charge in [0.25, 0.3) is 11.8 Å². The molecule has 163 valence electrons. The molecule has 4 aromatic rings. The summed E-state index contributed by atoms with van der Waals surface area (Å²) in [4.78, 5) is 24.9. The van der Waals surface area contributed by atoms with E-state index in [9.17, 15) is 14.0 Å². The van der Waals surface area contributed by atoms with Gasteiger partial charge in [0.2, 0.25) is 0 Å². The van der Waals surface area contributed by atoms with Crippen LogP contribution in [0.1, 0.15) is 37.5 Å². The van der Waals surface area contributed by atoms with E-state index in [1.807, 2.05) is 25.1 Å². The van der Waals surface area contributed by atoms with E-state index in [4.69, 9.17) is 5.73 Å². The molecule has 2 amide bonds. The first kappa shape index (κ1) is 20.6. The number of nitrogens with one attached hydrogen (secondary N) is 1. The maximum Gasteiger partial charge on any atom is 0.269 e. The fourth-order valence-corrected chi connectivity index (χ4v) is 4.27. The molecular weight excluding hydrogens is 419 g/mol. The average Bonchev–Trinajstić information content (AvgIpc) is 3.20. The molecule has 1 radical (unpaired) electrons. The number of hydrogen-bond donors (Lipinski definition) is 2. The van der Waals surface area contributed by atoms with Crippen molar-refractivity contribution in [2.45, 2.75) is 19.8 Å². The molecule has 0 unspecified atom stereocenters. The Morgan fingerprint density at radius 2 is 1.97 bits per heavy atom. The van der Waals surface area contributed by atoms with Crippen molar-refractivity contribution in [1.29, 1.82) is 0 Å². The Balaban J connectivity index is 1.62. The quantitative estimate of drug-likeness (QED) is 0.498. The van der Waals surface area contributed by atoms with Crippen molar-refractivity contribution in [1.82, 2.24) is 9.78 Å². The zero-order valence-electron chi connectivity index (χ0n) is 17.9. The number of aromatic nitrogens is 2. The molecule has 1 aliphatic rings. The molecule has 0 saturated heterocycles. The molecule has 0 atom stereocenters. The van der Waals surface area contributed by atoms with Gasteiger partial charge in [0.15, 0.2) is 5.69 Å². The van der Waals surface area contributed by atoms with Gasteiger partial charge < -0.3 is 11.1 Å². The van der Waals surface area contributed by atoms with E-state index in [0.717, 1.165) is 22.3 Å². The molecule has 0 bridgehead atoms. The van der Waals surface area contributed by atoms with Gasteiger partial charge in [-0.15, -0.1) is 0 Å².